The van der Waals surface area contributed by atoms with Crippen LogP contribution in [0.25, 0.3) is 6.08 Å². The largest absolute Gasteiger partial charge is 0.294 e. The lowest BCUT2D eigenvalue weighted by Crippen LogP contribution is -2.52. The van der Waals surface area contributed by atoms with Crippen LogP contribution >= 0.6 is 0 Å². The second-order valence-electron chi connectivity index (χ2n) is 10.6. The molecule has 1 aromatic heterocycles. The first-order valence-electron chi connectivity index (χ1n) is 11.7. The van der Waals surface area contributed by atoms with E-state index in [-0.39, 0.29) is 5.41 Å². The first-order valence-corrected chi connectivity index (χ1v) is 11.7. The van der Waals surface area contributed by atoms with Gasteiger partial charge in [-0.3, -0.25) is 9.48 Å². The zero-order chi connectivity index (χ0) is 19.5. The Hall–Kier alpha value is -1.38. The predicted octanol–water partition coefficient (Wildman–Crippen LogP) is 5.90. The molecule has 0 N–H and O–H groups in total. The number of hydrogen-bond acceptors (Lipinski definition) is 2. The van der Waals surface area contributed by atoms with Crippen molar-refractivity contribution < 1.29 is 4.79 Å². The van der Waals surface area contributed by atoms with E-state index in [4.69, 9.17) is 0 Å². The first-order chi connectivity index (χ1) is 13.5. The van der Waals surface area contributed by atoms with Crippen LogP contribution in [0.5, 0.6) is 0 Å². The Bertz CT molecular complexity index is 807. The lowest BCUT2D eigenvalue weighted by Gasteiger charge is -2.59. The zero-order valence-electron chi connectivity index (χ0n) is 17.9. The van der Waals surface area contributed by atoms with Crippen LogP contribution in [-0.2, 0) is 11.3 Å². The van der Waals surface area contributed by atoms with E-state index in [1.54, 1.807) is 0 Å². The summed E-state index contributed by atoms with van der Waals surface area (Å²) in [6.45, 7) is 7.87. The van der Waals surface area contributed by atoms with E-state index < -0.39 is 0 Å². The average molecular weight is 381 g/mol. The second kappa shape index (κ2) is 6.57. The van der Waals surface area contributed by atoms with Gasteiger partial charge in [0.25, 0.3) is 0 Å². The molecule has 4 saturated carbocycles. The fourth-order valence-corrected chi connectivity index (χ4v) is 8.00. The van der Waals surface area contributed by atoms with E-state index in [0.29, 0.717) is 17.1 Å². The number of hydrogen-bond donors (Lipinski definition) is 0. The van der Waals surface area contributed by atoms with Gasteiger partial charge in [-0.1, -0.05) is 26.7 Å². The van der Waals surface area contributed by atoms with Crippen molar-refractivity contribution in [3.8, 4) is 0 Å². The summed E-state index contributed by atoms with van der Waals surface area (Å²) in [6.07, 6.45) is 15.9. The fourth-order valence-electron chi connectivity index (χ4n) is 8.00. The van der Waals surface area contributed by atoms with E-state index in [1.807, 2.05) is 16.9 Å². The van der Waals surface area contributed by atoms with Gasteiger partial charge in [-0.05, 0) is 98.7 Å². The first kappa shape index (κ1) is 18.6. The summed E-state index contributed by atoms with van der Waals surface area (Å²) in [5.74, 6) is 3.54. The van der Waals surface area contributed by atoms with Gasteiger partial charge in [0.05, 0.1) is 5.69 Å². The smallest absolute Gasteiger partial charge is 0.165 e. The number of fused-ring (bicyclic) bond motifs is 5. The minimum Gasteiger partial charge on any atom is -0.294 e. The molecule has 0 aromatic carbocycles. The standard InChI is InChI=1S/C25H36N2O/c1-4-27-19(11-14-26-27)15-17-16-22-20-9-8-18-7-5-6-12-24(18,2)21(20)10-13-25(22,3)23(17)28/h11,14-15,18,20-22H,4-10,12-13,16H2,1-3H3/b17-15-/t18-,20-,21+,22+,24-,25-/m0/s1. The van der Waals surface area contributed by atoms with E-state index >= 15 is 0 Å². The van der Waals surface area contributed by atoms with Crippen molar-refractivity contribution in [2.45, 2.75) is 85.1 Å². The van der Waals surface area contributed by atoms with Crippen LogP contribution in [0.15, 0.2) is 17.8 Å². The Kier molecular flexibility index (Phi) is 4.37. The van der Waals surface area contributed by atoms with Crippen molar-refractivity contribution in [3.05, 3.63) is 23.5 Å². The number of nitrogens with zero attached hydrogens (tertiary/aromatic N) is 2. The molecule has 0 aliphatic heterocycles. The zero-order valence-corrected chi connectivity index (χ0v) is 17.9. The molecule has 0 saturated heterocycles. The molecular formula is C25H36N2O. The molecule has 1 aromatic rings. The van der Waals surface area contributed by atoms with Crippen molar-refractivity contribution in [3.63, 3.8) is 0 Å². The molecule has 5 rings (SSSR count). The number of rotatable bonds is 2. The van der Waals surface area contributed by atoms with Gasteiger partial charge in [-0.15, -0.1) is 0 Å². The molecule has 4 aliphatic carbocycles. The van der Waals surface area contributed by atoms with Gasteiger partial charge in [-0.2, -0.15) is 5.10 Å². The monoisotopic (exact) mass is 380 g/mol. The highest BCUT2D eigenvalue weighted by molar-refractivity contribution is 6.05. The van der Waals surface area contributed by atoms with E-state index in [0.717, 1.165) is 48.4 Å². The van der Waals surface area contributed by atoms with Gasteiger partial charge in [-0.25, -0.2) is 0 Å². The van der Waals surface area contributed by atoms with Gasteiger partial charge in [0.15, 0.2) is 5.78 Å². The van der Waals surface area contributed by atoms with Gasteiger partial charge in [0.1, 0.15) is 0 Å². The minimum atomic E-state index is -0.123. The number of Topliss-reactive ketones (excluding diaryl/α,β-unsaturated/α-hetero) is 1. The molecule has 3 nitrogen and oxygen atoms in total. The number of aryl methyl sites for hydroxylation is 1. The van der Waals surface area contributed by atoms with Crippen LogP contribution in [-0.4, -0.2) is 15.6 Å². The summed E-state index contributed by atoms with van der Waals surface area (Å²) in [4.78, 5) is 13.5. The number of carbonyl (C=O) groups excluding carboxylic acids is 1. The summed E-state index contributed by atoms with van der Waals surface area (Å²) in [7, 11) is 0. The van der Waals surface area contributed by atoms with E-state index in [1.165, 1.54) is 44.9 Å². The number of aromatic nitrogens is 2. The highest BCUT2D eigenvalue weighted by Gasteiger charge is 2.60. The lowest BCUT2D eigenvalue weighted by atomic mass is 9.45. The molecule has 4 aliphatic rings. The Labute approximate surface area is 170 Å². The Balaban J connectivity index is 1.47. The van der Waals surface area contributed by atoms with Crippen LogP contribution in [0, 0.1) is 34.5 Å². The molecule has 0 unspecified atom stereocenters. The second-order valence-corrected chi connectivity index (χ2v) is 10.6. The maximum absolute atomic E-state index is 13.5. The van der Waals surface area contributed by atoms with Gasteiger partial charge < -0.3 is 0 Å². The van der Waals surface area contributed by atoms with Crippen LogP contribution in [0.2, 0.25) is 0 Å². The van der Waals surface area contributed by atoms with Crippen LogP contribution in [0.3, 0.4) is 0 Å². The van der Waals surface area contributed by atoms with Crippen molar-refractivity contribution in [2.75, 3.05) is 0 Å². The summed E-state index contributed by atoms with van der Waals surface area (Å²) < 4.78 is 2.00. The van der Waals surface area contributed by atoms with Gasteiger partial charge in [0, 0.05) is 18.2 Å². The maximum Gasteiger partial charge on any atom is 0.165 e. The molecule has 0 radical (unpaired) electrons. The van der Waals surface area contributed by atoms with Crippen molar-refractivity contribution in [2.24, 2.45) is 34.5 Å². The topological polar surface area (TPSA) is 34.9 Å². The van der Waals surface area contributed by atoms with Crippen LogP contribution in [0.4, 0.5) is 0 Å². The normalized spacial score (nSPS) is 44.2. The third-order valence-corrected chi connectivity index (χ3v) is 9.59. The summed E-state index contributed by atoms with van der Waals surface area (Å²) in [5, 5.41) is 4.39. The molecule has 0 amide bonds. The van der Waals surface area contributed by atoms with Crippen LogP contribution in [0.1, 0.15) is 84.3 Å². The average Bonchev–Trinajstić information content (AvgIpc) is 3.24. The molecule has 6 atom stereocenters. The highest BCUT2D eigenvalue weighted by Crippen LogP contribution is 2.66. The molecular weight excluding hydrogens is 344 g/mol. The van der Waals surface area contributed by atoms with Crippen molar-refractivity contribution in [1.82, 2.24) is 9.78 Å². The fraction of sp³-hybridized carbons (Fsp3) is 0.760. The third-order valence-electron chi connectivity index (χ3n) is 9.59. The van der Waals surface area contributed by atoms with Crippen molar-refractivity contribution in [1.29, 1.82) is 0 Å². The molecule has 3 heteroatoms. The van der Waals surface area contributed by atoms with Crippen LogP contribution < -0.4 is 0 Å². The molecule has 0 spiro atoms. The highest BCUT2D eigenvalue weighted by atomic mass is 16.1. The maximum atomic E-state index is 13.5. The summed E-state index contributed by atoms with van der Waals surface area (Å²) >= 11 is 0. The van der Waals surface area contributed by atoms with Crippen molar-refractivity contribution >= 4 is 11.9 Å². The molecule has 1 heterocycles. The SMILES string of the molecule is CCn1nccc1/C=C1/C[C@@H]2[C@H]3CC[C@@H]4CCCC[C@]4(C)[C@@H]3CC[C@]2(C)C1=O. The Morgan fingerprint density at radius 2 is 2.00 bits per heavy atom. The summed E-state index contributed by atoms with van der Waals surface area (Å²) in [5.41, 5.74) is 2.58. The quantitative estimate of drug-likeness (QED) is 0.599. The number of ketones is 1. The predicted molar refractivity (Wildman–Crippen MR) is 113 cm³/mol. The molecule has 28 heavy (non-hydrogen) atoms. The minimum absolute atomic E-state index is 0.123. The lowest BCUT2D eigenvalue weighted by molar-refractivity contribution is -0.137. The van der Waals surface area contributed by atoms with Gasteiger partial charge >= 0.3 is 0 Å². The summed E-state index contributed by atoms with van der Waals surface area (Å²) in [6, 6.07) is 2.05. The van der Waals surface area contributed by atoms with E-state index in [2.05, 4.69) is 31.9 Å². The molecule has 0 bridgehead atoms. The number of allylic oxidation sites excluding steroid dienone is 1. The molecule has 152 valence electrons. The number of carbonyl (C=O) groups is 1. The van der Waals surface area contributed by atoms with Gasteiger partial charge in [0.2, 0.25) is 0 Å². The Morgan fingerprint density at radius 3 is 2.82 bits per heavy atom. The molecule has 4 fully saturated rings. The third kappa shape index (κ3) is 2.53. The van der Waals surface area contributed by atoms with E-state index in [9.17, 15) is 4.79 Å². The Morgan fingerprint density at radius 1 is 1.14 bits per heavy atom.